The van der Waals surface area contributed by atoms with Gasteiger partial charge >= 0.3 is 5.24 Å². The fraction of sp³-hybridized carbons (Fsp3) is 0.917. The molecule has 98 valence electrons. The van der Waals surface area contributed by atoms with E-state index < -0.39 is 0 Å². The molecule has 2 saturated heterocycles. The standard InChI is InChI=1S/C12H22N2O2S/c1-16-17-12(15)14-9-5-11(6-10-14)13-7-3-2-4-8-13/h11H,2-10H2,1H3. The van der Waals surface area contributed by atoms with Gasteiger partial charge in [-0.3, -0.25) is 4.79 Å². The van der Waals surface area contributed by atoms with E-state index in [1.54, 1.807) is 7.11 Å². The zero-order chi connectivity index (χ0) is 12.1. The summed E-state index contributed by atoms with van der Waals surface area (Å²) < 4.78 is 4.82. The third-order valence-corrected chi connectivity index (χ3v) is 4.35. The maximum absolute atomic E-state index is 11.6. The SMILES string of the molecule is COSC(=O)N1CCC(N2CCCCC2)CC1. The molecule has 17 heavy (non-hydrogen) atoms. The molecule has 0 aromatic carbocycles. The van der Waals surface area contributed by atoms with E-state index in [1.807, 2.05) is 4.90 Å². The second-order valence-corrected chi connectivity index (χ2v) is 5.68. The fourth-order valence-electron chi connectivity index (χ4n) is 2.82. The number of hydrogen-bond donors (Lipinski definition) is 0. The van der Waals surface area contributed by atoms with Crippen molar-refractivity contribution >= 4 is 17.3 Å². The number of piperidine rings is 2. The topological polar surface area (TPSA) is 32.8 Å². The van der Waals surface area contributed by atoms with Gasteiger partial charge in [0.25, 0.3) is 0 Å². The van der Waals surface area contributed by atoms with Gasteiger partial charge in [0.2, 0.25) is 0 Å². The molecule has 2 aliphatic rings. The van der Waals surface area contributed by atoms with E-state index in [1.165, 1.54) is 32.4 Å². The molecule has 2 heterocycles. The van der Waals surface area contributed by atoms with Crippen LogP contribution in [0.4, 0.5) is 4.79 Å². The third kappa shape index (κ3) is 3.60. The molecule has 0 radical (unpaired) electrons. The van der Waals surface area contributed by atoms with Crippen LogP contribution in [-0.4, -0.2) is 54.4 Å². The minimum Gasteiger partial charge on any atom is -0.332 e. The molecule has 0 aromatic rings. The normalized spacial score (nSPS) is 23.9. The first-order valence-electron chi connectivity index (χ1n) is 6.55. The highest BCUT2D eigenvalue weighted by atomic mass is 32.2. The molecular weight excluding hydrogens is 236 g/mol. The molecule has 2 aliphatic heterocycles. The number of carbonyl (C=O) groups excluding carboxylic acids is 1. The van der Waals surface area contributed by atoms with E-state index in [9.17, 15) is 4.79 Å². The summed E-state index contributed by atoms with van der Waals surface area (Å²) in [4.78, 5) is 16.2. The van der Waals surface area contributed by atoms with Crippen LogP contribution in [0.5, 0.6) is 0 Å². The smallest absolute Gasteiger partial charge is 0.308 e. The summed E-state index contributed by atoms with van der Waals surface area (Å²) in [6.45, 7) is 4.28. The maximum atomic E-state index is 11.6. The number of hydrogen-bond acceptors (Lipinski definition) is 4. The Morgan fingerprint density at radius 3 is 2.35 bits per heavy atom. The van der Waals surface area contributed by atoms with Gasteiger partial charge in [-0.1, -0.05) is 6.42 Å². The van der Waals surface area contributed by atoms with Crippen LogP contribution in [0.2, 0.25) is 0 Å². The summed E-state index contributed by atoms with van der Waals surface area (Å²) in [7, 11) is 1.54. The van der Waals surface area contributed by atoms with Crippen molar-refractivity contribution in [2.75, 3.05) is 33.3 Å². The van der Waals surface area contributed by atoms with Gasteiger partial charge in [0.05, 0.1) is 19.2 Å². The number of rotatable bonds is 2. The van der Waals surface area contributed by atoms with Crippen LogP contribution in [-0.2, 0) is 4.18 Å². The molecule has 1 amide bonds. The second-order valence-electron chi connectivity index (χ2n) is 4.83. The molecule has 0 saturated carbocycles. The lowest BCUT2D eigenvalue weighted by atomic mass is 10.0. The Bertz CT molecular complexity index is 249. The van der Waals surface area contributed by atoms with E-state index in [0.717, 1.165) is 38.0 Å². The van der Waals surface area contributed by atoms with E-state index in [-0.39, 0.29) is 5.24 Å². The molecule has 0 aromatic heterocycles. The Balaban J connectivity index is 1.75. The lowest BCUT2D eigenvalue weighted by molar-refractivity contribution is 0.107. The van der Waals surface area contributed by atoms with Gasteiger partial charge in [-0.25, -0.2) is 0 Å². The van der Waals surface area contributed by atoms with Gasteiger partial charge in [-0.2, -0.15) is 0 Å². The molecule has 0 atom stereocenters. The van der Waals surface area contributed by atoms with Crippen LogP contribution < -0.4 is 0 Å². The van der Waals surface area contributed by atoms with Crippen LogP contribution in [0, 0.1) is 0 Å². The van der Waals surface area contributed by atoms with Crippen molar-refractivity contribution in [3.63, 3.8) is 0 Å². The second kappa shape index (κ2) is 6.61. The van der Waals surface area contributed by atoms with E-state index in [4.69, 9.17) is 4.18 Å². The van der Waals surface area contributed by atoms with Crippen molar-refractivity contribution in [3.8, 4) is 0 Å². The molecule has 0 unspecified atom stereocenters. The van der Waals surface area contributed by atoms with Gasteiger partial charge in [-0.05, 0) is 38.8 Å². The van der Waals surface area contributed by atoms with Crippen LogP contribution in [0.25, 0.3) is 0 Å². The van der Waals surface area contributed by atoms with E-state index in [2.05, 4.69) is 4.90 Å². The number of nitrogens with zero attached hydrogens (tertiary/aromatic N) is 2. The summed E-state index contributed by atoms with van der Waals surface area (Å²) >= 11 is 0.948. The van der Waals surface area contributed by atoms with Gasteiger partial charge in [-0.15, -0.1) is 0 Å². The predicted molar refractivity (Wildman–Crippen MR) is 70.0 cm³/mol. The van der Waals surface area contributed by atoms with E-state index in [0.29, 0.717) is 6.04 Å². The predicted octanol–water partition coefficient (Wildman–Crippen LogP) is 2.35. The zero-order valence-corrected chi connectivity index (χ0v) is 11.4. The molecular formula is C12H22N2O2S. The zero-order valence-electron chi connectivity index (χ0n) is 10.6. The molecule has 5 heteroatoms. The Morgan fingerprint density at radius 2 is 1.76 bits per heavy atom. The highest BCUT2D eigenvalue weighted by Gasteiger charge is 2.27. The van der Waals surface area contributed by atoms with E-state index >= 15 is 0 Å². The van der Waals surface area contributed by atoms with Crippen molar-refractivity contribution < 1.29 is 8.98 Å². The van der Waals surface area contributed by atoms with Crippen molar-refractivity contribution in [2.45, 2.75) is 38.1 Å². The molecule has 2 rings (SSSR count). The minimum absolute atomic E-state index is 0.0598. The molecule has 0 bridgehead atoms. The quantitative estimate of drug-likeness (QED) is 0.712. The lowest BCUT2D eigenvalue weighted by Gasteiger charge is -2.39. The molecule has 0 spiro atoms. The molecule has 0 N–H and O–H groups in total. The summed E-state index contributed by atoms with van der Waals surface area (Å²) in [6.07, 6.45) is 6.32. The van der Waals surface area contributed by atoms with Crippen LogP contribution >= 0.6 is 12.0 Å². The number of likely N-dealkylation sites (tertiary alicyclic amines) is 2. The largest absolute Gasteiger partial charge is 0.332 e. The van der Waals surface area contributed by atoms with Gasteiger partial charge < -0.3 is 14.0 Å². The first-order chi connectivity index (χ1) is 8.31. The third-order valence-electron chi connectivity index (χ3n) is 3.78. The lowest BCUT2D eigenvalue weighted by Crippen LogP contribution is -2.47. The van der Waals surface area contributed by atoms with Gasteiger partial charge in [0, 0.05) is 19.1 Å². The molecule has 2 fully saturated rings. The highest BCUT2D eigenvalue weighted by molar-refractivity contribution is 8.09. The summed E-state index contributed by atoms with van der Waals surface area (Å²) in [5.41, 5.74) is 0. The van der Waals surface area contributed by atoms with Gasteiger partial charge in [0.1, 0.15) is 0 Å². The average molecular weight is 258 g/mol. The van der Waals surface area contributed by atoms with Crippen LogP contribution in [0.3, 0.4) is 0 Å². The van der Waals surface area contributed by atoms with Crippen molar-refractivity contribution in [1.29, 1.82) is 0 Å². The summed E-state index contributed by atoms with van der Waals surface area (Å²) in [5, 5.41) is 0.0598. The fourth-order valence-corrected chi connectivity index (χ4v) is 3.25. The summed E-state index contributed by atoms with van der Waals surface area (Å²) in [6, 6.07) is 0.701. The number of amides is 1. The Morgan fingerprint density at radius 1 is 1.12 bits per heavy atom. The number of carbonyl (C=O) groups is 1. The minimum atomic E-state index is 0.0598. The first-order valence-corrected chi connectivity index (χ1v) is 7.29. The van der Waals surface area contributed by atoms with Crippen molar-refractivity contribution in [3.05, 3.63) is 0 Å². The Hall–Kier alpha value is -0.260. The Kier molecular flexibility index (Phi) is 5.13. The molecule has 0 aliphatic carbocycles. The highest BCUT2D eigenvalue weighted by Crippen LogP contribution is 2.22. The van der Waals surface area contributed by atoms with Crippen LogP contribution in [0.1, 0.15) is 32.1 Å². The Labute approximate surface area is 108 Å². The molecule has 4 nitrogen and oxygen atoms in total. The van der Waals surface area contributed by atoms with Crippen molar-refractivity contribution in [2.24, 2.45) is 0 Å². The van der Waals surface area contributed by atoms with Crippen molar-refractivity contribution in [1.82, 2.24) is 9.80 Å². The average Bonchev–Trinajstić information content (AvgIpc) is 2.40. The summed E-state index contributed by atoms with van der Waals surface area (Å²) in [5.74, 6) is 0. The first kappa shape index (κ1) is 13.2. The maximum Gasteiger partial charge on any atom is 0.308 e. The van der Waals surface area contributed by atoms with Gasteiger partial charge in [0.15, 0.2) is 0 Å². The monoisotopic (exact) mass is 258 g/mol. The van der Waals surface area contributed by atoms with Crippen LogP contribution in [0.15, 0.2) is 0 Å².